The maximum absolute atomic E-state index is 12.7. The first-order valence-corrected chi connectivity index (χ1v) is 5.08. The number of halogens is 6. The van der Waals surface area contributed by atoms with E-state index in [0.29, 0.717) is 11.6 Å². The van der Waals surface area contributed by atoms with E-state index in [4.69, 9.17) is 0 Å². The van der Waals surface area contributed by atoms with Crippen molar-refractivity contribution >= 4 is 34.0 Å². The molecule has 2 nitrogen and oxygen atoms in total. The molecule has 9 heteroatoms. The van der Waals surface area contributed by atoms with Gasteiger partial charge in [0.2, 0.25) is 0 Å². The molecular formula is C5H3Cl2F4NOS. The summed E-state index contributed by atoms with van der Waals surface area (Å²) in [5.74, 6) is 0. The van der Waals surface area contributed by atoms with E-state index in [-0.39, 0.29) is 0 Å². The minimum absolute atomic E-state index is 0.632. The zero-order chi connectivity index (χ0) is 11.2. The molecule has 14 heavy (non-hydrogen) atoms. The Morgan fingerprint density at radius 1 is 1.21 bits per heavy atom. The molecule has 1 aliphatic rings. The van der Waals surface area contributed by atoms with Crippen molar-refractivity contribution in [1.82, 2.24) is 5.32 Å². The molecule has 1 heterocycles. The number of nitrogens with one attached hydrogen (secondary N) is 1. The van der Waals surface area contributed by atoms with Crippen LogP contribution in [0.5, 0.6) is 0 Å². The molecule has 1 unspecified atom stereocenters. The predicted octanol–water partition coefficient (Wildman–Crippen LogP) is 2.17. The number of hydrogen-bond donors (Lipinski definition) is 1. The quantitative estimate of drug-likeness (QED) is 0.616. The molecule has 0 saturated heterocycles. The summed E-state index contributed by atoms with van der Waals surface area (Å²) in [6.45, 7) is 0. The van der Waals surface area contributed by atoms with Gasteiger partial charge in [0.1, 0.15) is 0 Å². The van der Waals surface area contributed by atoms with Crippen LogP contribution in [0.1, 0.15) is 0 Å². The molecule has 0 aromatic carbocycles. The molecule has 0 amide bonds. The molecule has 1 rings (SSSR count). The molecule has 0 saturated carbocycles. The van der Waals surface area contributed by atoms with Crippen molar-refractivity contribution in [2.24, 2.45) is 0 Å². The highest BCUT2D eigenvalue weighted by Crippen LogP contribution is 2.49. The van der Waals surface area contributed by atoms with Gasteiger partial charge in [-0.3, -0.25) is 4.21 Å². The van der Waals surface area contributed by atoms with Gasteiger partial charge in [0.15, 0.2) is 0 Å². The average Bonchev–Trinajstić information content (AvgIpc) is 2.27. The van der Waals surface area contributed by atoms with Crippen molar-refractivity contribution in [3.8, 4) is 0 Å². The molecule has 0 aromatic heterocycles. The standard InChI is InChI=1S/C5H3Cl2F4NOS/c6-4(8,9)3(5(7,10)11)12-1-2-14(3)13/h1-2,12H. The highest BCUT2D eigenvalue weighted by molar-refractivity contribution is 7.89. The van der Waals surface area contributed by atoms with Crippen LogP contribution >= 0.6 is 23.2 Å². The van der Waals surface area contributed by atoms with Crippen LogP contribution in [0.4, 0.5) is 17.6 Å². The Hall–Kier alpha value is -0.0100. The van der Waals surface area contributed by atoms with Crippen molar-refractivity contribution in [1.29, 1.82) is 0 Å². The third-order valence-corrected chi connectivity index (χ3v) is 3.99. The minimum Gasteiger partial charge on any atom is -0.362 e. The van der Waals surface area contributed by atoms with E-state index in [0.717, 1.165) is 0 Å². The van der Waals surface area contributed by atoms with E-state index >= 15 is 0 Å². The second kappa shape index (κ2) is 3.24. The van der Waals surface area contributed by atoms with Crippen LogP contribution < -0.4 is 5.32 Å². The summed E-state index contributed by atoms with van der Waals surface area (Å²) < 4.78 is 62.0. The first-order valence-electron chi connectivity index (χ1n) is 3.11. The zero-order valence-corrected chi connectivity index (χ0v) is 8.57. The first-order chi connectivity index (χ1) is 6.13. The van der Waals surface area contributed by atoms with Gasteiger partial charge < -0.3 is 5.32 Å². The van der Waals surface area contributed by atoms with E-state index < -0.39 is 26.4 Å². The van der Waals surface area contributed by atoms with Crippen LogP contribution in [-0.2, 0) is 10.8 Å². The van der Waals surface area contributed by atoms with E-state index in [2.05, 4.69) is 23.2 Å². The van der Waals surface area contributed by atoms with Gasteiger partial charge in [-0.05, 0) is 23.2 Å². The van der Waals surface area contributed by atoms with Crippen molar-refractivity contribution < 1.29 is 21.8 Å². The molecule has 0 spiro atoms. The predicted molar refractivity (Wildman–Crippen MR) is 44.7 cm³/mol. The molecule has 0 fully saturated rings. The first kappa shape index (κ1) is 12.1. The monoisotopic (exact) mass is 271 g/mol. The fraction of sp³-hybridized carbons (Fsp3) is 0.600. The van der Waals surface area contributed by atoms with Crippen molar-refractivity contribution in [2.45, 2.75) is 15.6 Å². The second-order valence-corrected chi connectivity index (χ2v) is 4.85. The Morgan fingerprint density at radius 2 is 1.64 bits per heavy atom. The van der Waals surface area contributed by atoms with E-state index in [1.54, 1.807) is 5.32 Å². The fourth-order valence-corrected chi connectivity index (χ4v) is 2.81. The lowest BCUT2D eigenvalue weighted by Gasteiger charge is -2.34. The van der Waals surface area contributed by atoms with Gasteiger partial charge in [-0.2, -0.15) is 17.6 Å². The molecule has 82 valence electrons. The SMILES string of the molecule is O=S1C=CNC1(C(F)(F)Cl)C(F)(F)Cl. The van der Waals surface area contributed by atoms with Gasteiger partial charge in [0.05, 0.1) is 10.8 Å². The molecule has 0 radical (unpaired) electrons. The summed E-state index contributed by atoms with van der Waals surface area (Å²) in [4.78, 5) is -3.50. The van der Waals surface area contributed by atoms with Crippen LogP contribution in [0.25, 0.3) is 0 Å². The van der Waals surface area contributed by atoms with Gasteiger partial charge in [0.25, 0.3) is 4.87 Å². The van der Waals surface area contributed by atoms with Crippen molar-refractivity contribution in [3.63, 3.8) is 0 Å². The largest absolute Gasteiger partial charge is 0.363 e. The zero-order valence-electron chi connectivity index (χ0n) is 6.24. The van der Waals surface area contributed by atoms with Gasteiger partial charge >= 0.3 is 10.8 Å². The summed E-state index contributed by atoms with van der Waals surface area (Å²) in [6, 6.07) is 0. The molecule has 1 N–H and O–H groups in total. The lowest BCUT2D eigenvalue weighted by molar-refractivity contribution is -0.0674. The highest BCUT2D eigenvalue weighted by atomic mass is 35.5. The third kappa shape index (κ3) is 1.51. The molecule has 0 bridgehead atoms. The lowest BCUT2D eigenvalue weighted by Crippen LogP contribution is -2.64. The Balaban J connectivity index is 3.26. The summed E-state index contributed by atoms with van der Waals surface area (Å²) in [5, 5.41) is -6.72. The van der Waals surface area contributed by atoms with E-state index in [9.17, 15) is 21.8 Å². The third-order valence-electron chi connectivity index (χ3n) is 1.58. The highest BCUT2D eigenvalue weighted by Gasteiger charge is 2.72. The maximum atomic E-state index is 12.7. The molecule has 1 aliphatic heterocycles. The Labute approximate surface area is 88.7 Å². The Bertz CT molecular complexity index is 283. The number of hydrogen-bond acceptors (Lipinski definition) is 2. The molecular weight excluding hydrogens is 269 g/mol. The summed E-state index contributed by atoms with van der Waals surface area (Å²) in [6.07, 6.45) is 0.697. The fourth-order valence-electron chi connectivity index (χ4n) is 0.926. The van der Waals surface area contributed by atoms with Crippen molar-refractivity contribution in [3.05, 3.63) is 11.6 Å². The number of rotatable bonds is 2. The van der Waals surface area contributed by atoms with Crippen LogP contribution in [-0.4, -0.2) is 19.8 Å². The van der Waals surface area contributed by atoms with Gasteiger partial charge in [0, 0.05) is 11.6 Å². The topological polar surface area (TPSA) is 29.1 Å². The summed E-state index contributed by atoms with van der Waals surface area (Å²) in [7, 11) is -2.71. The second-order valence-electron chi connectivity index (χ2n) is 2.42. The van der Waals surface area contributed by atoms with Crippen molar-refractivity contribution in [2.75, 3.05) is 0 Å². The molecule has 0 aliphatic carbocycles. The normalized spacial score (nSPS) is 26.3. The maximum Gasteiger partial charge on any atom is 0.363 e. The van der Waals surface area contributed by atoms with Crippen LogP contribution in [0, 0.1) is 0 Å². The Kier molecular flexibility index (Phi) is 2.80. The van der Waals surface area contributed by atoms with E-state index in [1.807, 2.05) is 0 Å². The number of alkyl halides is 6. The molecule has 0 aromatic rings. The Morgan fingerprint density at radius 3 is 1.79 bits per heavy atom. The van der Waals surface area contributed by atoms with E-state index in [1.165, 1.54) is 0 Å². The molecule has 1 atom stereocenters. The summed E-state index contributed by atoms with van der Waals surface area (Å²) >= 11 is 8.96. The van der Waals surface area contributed by atoms with Crippen LogP contribution in [0.3, 0.4) is 0 Å². The lowest BCUT2D eigenvalue weighted by atomic mass is 10.3. The van der Waals surface area contributed by atoms with Gasteiger partial charge in [-0.15, -0.1) is 0 Å². The van der Waals surface area contributed by atoms with Gasteiger partial charge in [-0.1, -0.05) is 0 Å². The van der Waals surface area contributed by atoms with Crippen LogP contribution in [0.2, 0.25) is 0 Å². The van der Waals surface area contributed by atoms with Gasteiger partial charge in [-0.25, -0.2) is 0 Å². The minimum atomic E-state index is -4.45. The van der Waals surface area contributed by atoms with Crippen LogP contribution in [0.15, 0.2) is 11.6 Å². The average molecular weight is 272 g/mol. The smallest absolute Gasteiger partial charge is 0.362 e. The summed E-state index contributed by atoms with van der Waals surface area (Å²) in [5.41, 5.74) is 0.